The summed E-state index contributed by atoms with van der Waals surface area (Å²) in [5, 5.41) is 10.6. The van der Waals surface area contributed by atoms with Crippen molar-refractivity contribution in [1.29, 1.82) is 0 Å². The number of allylic oxidation sites excluding steroid dienone is 2. The van der Waals surface area contributed by atoms with Crippen molar-refractivity contribution in [1.82, 2.24) is 5.48 Å². The average Bonchev–Trinajstić information content (AvgIpc) is 3.02. The number of aromatic hydroxyl groups is 1. The fourth-order valence-corrected chi connectivity index (χ4v) is 2.92. The zero-order chi connectivity index (χ0) is 19.3. The van der Waals surface area contributed by atoms with Gasteiger partial charge < -0.3 is 14.6 Å². The molecule has 7 heteroatoms. The third kappa shape index (κ3) is 4.16. The molecular formula is C19H25NO6. The summed E-state index contributed by atoms with van der Waals surface area (Å²) in [5.74, 6) is -0.241. The molecule has 26 heavy (non-hydrogen) atoms. The van der Waals surface area contributed by atoms with Gasteiger partial charge in [-0.25, -0.2) is 10.3 Å². The number of carbonyl (C=O) groups excluding carboxylic acids is 2. The highest BCUT2D eigenvalue weighted by Gasteiger charge is 2.31. The van der Waals surface area contributed by atoms with Crippen molar-refractivity contribution in [2.45, 2.75) is 46.6 Å². The maximum atomic E-state index is 11.9. The van der Waals surface area contributed by atoms with E-state index in [2.05, 4.69) is 5.48 Å². The second kappa shape index (κ2) is 8.71. The Kier molecular flexibility index (Phi) is 6.63. The predicted octanol–water partition coefficient (Wildman–Crippen LogP) is 2.72. The third-order valence-corrected chi connectivity index (χ3v) is 4.38. The Morgan fingerprint density at radius 2 is 2.12 bits per heavy atom. The molecule has 1 aliphatic heterocycles. The molecule has 1 heterocycles. The number of fused-ring (bicyclic) bond motifs is 1. The SMILES string of the molecule is CCONC(=O)CC/C(C)=C/Cc1c(O)c2c(c(C)c1OC)COC2=O. The fourth-order valence-electron chi connectivity index (χ4n) is 2.92. The van der Waals surface area contributed by atoms with Crippen molar-refractivity contribution >= 4 is 11.9 Å². The van der Waals surface area contributed by atoms with Gasteiger partial charge in [0.15, 0.2) is 0 Å². The molecule has 1 aliphatic rings. The molecule has 1 aromatic carbocycles. The van der Waals surface area contributed by atoms with Gasteiger partial charge in [-0.2, -0.15) is 0 Å². The maximum Gasteiger partial charge on any atom is 0.342 e. The topological polar surface area (TPSA) is 94.1 Å². The molecule has 7 nitrogen and oxygen atoms in total. The molecule has 0 aliphatic carbocycles. The lowest BCUT2D eigenvalue weighted by Gasteiger charge is -2.15. The first-order valence-corrected chi connectivity index (χ1v) is 8.55. The minimum absolute atomic E-state index is 0.0944. The largest absolute Gasteiger partial charge is 0.507 e. The summed E-state index contributed by atoms with van der Waals surface area (Å²) < 4.78 is 10.5. The number of rotatable bonds is 8. The van der Waals surface area contributed by atoms with Gasteiger partial charge in [-0.1, -0.05) is 11.6 Å². The standard InChI is InChI=1S/C19H25NO6/c1-5-26-20-15(21)9-7-11(2)6-8-13-17(22)16-14(10-25-19(16)23)12(3)18(13)24-4/h6,22H,5,7-10H2,1-4H3,(H,20,21)/b11-6+. The zero-order valence-corrected chi connectivity index (χ0v) is 15.6. The number of cyclic esters (lactones) is 1. The van der Waals surface area contributed by atoms with Crippen LogP contribution in [0.2, 0.25) is 0 Å². The number of carbonyl (C=O) groups is 2. The normalized spacial score (nSPS) is 13.4. The van der Waals surface area contributed by atoms with E-state index in [-0.39, 0.29) is 23.8 Å². The monoisotopic (exact) mass is 363 g/mol. The second-order valence-corrected chi connectivity index (χ2v) is 6.13. The number of amides is 1. The van der Waals surface area contributed by atoms with Crippen molar-refractivity contribution < 1.29 is 29.0 Å². The minimum Gasteiger partial charge on any atom is -0.507 e. The van der Waals surface area contributed by atoms with E-state index in [1.807, 2.05) is 19.9 Å². The Labute approximate surface area is 152 Å². The van der Waals surface area contributed by atoms with Gasteiger partial charge in [0.25, 0.3) is 0 Å². The molecule has 0 saturated heterocycles. The van der Waals surface area contributed by atoms with Crippen LogP contribution in [0.1, 0.15) is 53.7 Å². The van der Waals surface area contributed by atoms with Crippen LogP contribution in [0.25, 0.3) is 0 Å². The van der Waals surface area contributed by atoms with Crippen LogP contribution in [0.15, 0.2) is 11.6 Å². The Balaban J connectivity index is 2.16. The van der Waals surface area contributed by atoms with Gasteiger partial charge in [-0.3, -0.25) is 9.63 Å². The van der Waals surface area contributed by atoms with Crippen LogP contribution in [0.3, 0.4) is 0 Å². The first-order chi connectivity index (χ1) is 12.4. The molecule has 0 spiro atoms. The molecule has 0 aromatic heterocycles. The lowest BCUT2D eigenvalue weighted by Crippen LogP contribution is -2.23. The molecule has 0 bridgehead atoms. The fraction of sp³-hybridized carbons (Fsp3) is 0.474. The van der Waals surface area contributed by atoms with E-state index in [9.17, 15) is 14.7 Å². The van der Waals surface area contributed by atoms with Crippen molar-refractivity contribution in [3.8, 4) is 11.5 Å². The van der Waals surface area contributed by atoms with Crippen molar-refractivity contribution in [3.05, 3.63) is 33.9 Å². The van der Waals surface area contributed by atoms with E-state index in [4.69, 9.17) is 14.3 Å². The summed E-state index contributed by atoms with van der Waals surface area (Å²) in [6, 6.07) is 0. The highest BCUT2D eigenvalue weighted by atomic mass is 16.6. The van der Waals surface area contributed by atoms with Crippen molar-refractivity contribution in [3.63, 3.8) is 0 Å². The third-order valence-electron chi connectivity index (χ3n) is 4.38. The lowest BCUT2D eigenvalue weighted by molar-refractivity contribution is -0.133. The van der Waals surface area contributed by atoms with Gasteiger partial charge in [0.1, 0.15) is 23.7 Å². The maximum absolute atomic E-state index is 11.9. The molecule has 1 aromatic rings. The molecule has 142 valence electrons. The molecule has 0 atom stereocenters. The summed E-state index contributed by atoms with van der Waals surface area (Å²) in [7, 11) is 1.53. The van der Waals surface area contributed by atoms with Gasteiger partial charge in [0.05, 0.1) is 13.7 Å². The zero-order valence-electron chi connectivity index (χ0n) is 15.6. The number of hydroxylamine groups is 1. The highest BCUT2D eigenvalue weighted by Crippen LogP contribution is 2.42. The molecule has 2 rings (SSSR count). The van der Waals surface area contributed by atoms with Crippen LogP contribution in [0.4, 0.5) is 0 Å². The highest BCUT2D eigenvalue weighted by molar-refractivity contribution is 5.98. The summed E-state index contributed by atoms with van der Waals surface area (Å²) in [4.78, 5) is 28.3. The summed E-state index contributed by atoms with van der Waals surface area (Å²) in [6.07, 6.45) is 3.17. The quantitative estimate of drug-likeness (QED) is 0.419. The van der Waals surface area contributed by atoms with E-state index < -0.39 is 5.97 Å². The van der Waals surface area contributed by atoms with Gasteiger partial charge in [-0.15, -0.1) is 0 Å². The van der Waals surface area contributed by atoms with Crippen LogP contribution in [-0.4, -0.2) is 30.7 Å². The molecule has 0 unspecified atom stereocenters. The smallest absolute Gasteiger partial charge is 0.342 e. The van der Waals surface area contributed by atoms with E-state index in [1.54, 1.807) is 6.92 Å². The summed E-state index contributed by atoms with van der Waals surface area (Å²) in [5.41, 5.74) is 5.56. The van der Waals surface area contributed by atoms with E-state index >= 15 is 0 Å². The summed E-state index contributed by atoms with van der Waals surface area (Å²) >= 11 is 0. The number of phenols is 1. The summed E-state index contributed by atoms with van der Waals surface area (Å²) in [6.45, 7) is 6.11. The van der Waals surface area contributed by atoms with Crippen LogP contribution in [0.5, 0.6) is 11.5 Å². The average molecular weight is 363 g/mol. The number of ether oxygens (including phenoxy) is 2. The molecule has 0 fully saturated rings. The second-order valence-electron chi connectivity index (χ2n) is 6.13. The van der Waals surface area contributed by atoms with Crippen molar-refractivity contribution in [2.24, 2.45) is 0 Å². The van der Waals surface area contributed by atoms with Gasteiger partial charge in [0, 0.05) is 17.5 Å². The first kappa shape index (κ1) is 19.8. The Morgan fingerprint density at radius 1 is 1.38 bits per heavy atom. The van der Waals surface area contributed by atoms with Gasteiger partial charge >= 0.3 is 5.97 Å². The van der Waals surface area contributed by atoms with E-state index in [0.29, 0.717) is 42.7 Å². The van der Waals surface area contributed by atoms with Crippen LogP contribution in [0, 0.1) is 6.92 Å². The Hall–Kier alpha value is -2.54. The lowest BCUT2D eigenvalue weighted by atomic mass is 9.94. The van der Waals surface area contributed by atoms with Crippen LogP contribution >= 0.6 is 0 Å². The molecule has 2 N–H and O–H groups in total. The number of nitrogens with one attached hydrogen (secondary N) is 1. The number of esters is 1. The van der Waals surface area contributed by atoms with Crippen LogP contribution < -0.4 is 10.2 Å². The van der Waals surface area contributed by atoms with Crippen molar-refractivity contribution in [2.75, 3.05) is 13.7 Å². The van der Waals surface area contributed by atoms with Crippen LogP contribution in [-0.2, 0) is 27.4 Å². The number of methoxy groups -OCH3 is 1. The number of phenolic OH excluding ortho intramolecular Hbond substituents is 1. The Bertz CT molecular complexity index is 738. The van der Waals surface area contributed by atoms with Gasteiger partial charge in [0.2, 0.25) is 5.91 Å². The van der Waals surface area contributed by atoms with Gasteiger partial charge in [-0.05, 0) is 39.2 Å². The first-order valence-electron chi connectivity index (χ1n) is 8.55. The molecule has 0 saturated carbocycles. The molecule has 0 radical (unpaired) electrons. The van der Waals surface area contributed by atoms with E-state index in [1.165, 1.54) is 7.11 Å². The van der Waals surface area contributed by atoms with E-state index in [0.717, 1.165) is 11.1 Å². The number of hydrogen-bond acceptors (Lipinski definition) is 6. The number of benzene rings is 1. The minimum atomic E-state index is -0.516. The molecule has 1 amide bonds. The number of hydrogen-bond donors (Lipinski definition) is 2. The predicted molar refractivity (Wildman–Crippen MR) is 95.0 cm³/mol. The Morgan fingerprint density at radius 3 is 2.77 bits per heavy atom. The molecular weight excluding hydrogens is 338 g/mol.